The quantitative estimate of drug-likeness (QED) is 0.706. The van der Waals surface area contributed by atoms with Crippen LogP contribution in [0.15, 0.2) is 66.0 Å². The van der Waals surface area contributed by atoms with Crippen LogP contribution in [0, 0.1) is 0 Å². The number of rotatable bonds is 5. The first kappa shape index (κ1) is 19.1. The minimum atomic E-state index is -0.199. The van der Waals surface area contributed by atoms with Crippen molar-refractivity contribution in [3.05, 3.63) is 77.3 Å². The highest BCUT2D eigenvalue weighted by molar-refractivity contribution is 7.14. The molecule has 0 unspecified atom stereocenters. The van der Waals surface area contributed by atoms with E-state index >= 15 is 0 Å². The van der Waals surface area contributed by atoms with Crippen LogP contribution < -0.4 is 10.2 Å². The summed E-state index contributed by atoms with van der Waals surface area (Å²) in [5, 5.41) is 5.13. The van der Waals surface area contributed by atoms with Gasteiger partial charge >= 0.3 is 0 Å². The second-order valence-corrected chi connectivity index (χ2v) is 7.70. The molecule has 1 fully saturated rings. The molecule has 2 aromatic carbocycles. The van der Waals surface area contributed by atoms with Gasteiger partial charge in [-0.2, -0.15) is 0 Å². The van der Waals surface area contributed by atoms with Crippen LogP contribution in [0.3, 0.4) is 0 Å². The van der Waals surface area contributed by atoms with Crippen molar-refractivity contribution in [3.63, 3.8) is 0 Å². The van der Waals surface area contributed by atoms with E-state index in [-0.39, 0.29) is 18.2 Å². The van der Waals surface area contributed by atoms with Crippen LogP contribution in [0.1, 0.15) is 16.1 Å². The Morgan fingerprint density at radius 1 is 0.931 bits per heavy atom. The summed E-state index contributed by atoms with van der Waals surface area (Å²) in [6, 6.07) is 19.3. The van der Waals surface area contributed by atoms with Gasteiger partial charge in [-0.3, -0.25) is 14.9 Å². The van der Waals surface area contributed by atoms with E-state index in [0.717, 1.165) is 13.1 Å². The predicted octanol–water partition coefficient (Wildman–Crippen LogP) is 3.29. The predicted molar refractivity (Wildman–Crippen MR) is 115 cm³/mol. The Balaban J connectivity index is 1.29. The molecule has 3 aromatic rings. The molecule has 0 saturated carbocycles. The highest BCUT2D eigenvalue weighted by Gasteiger charge is 2.22. The van der Waals surface area contributed by atoms with E-state index in [1.807, 2.05) is 46.7 Å². The van der Waals surface area contributed by atoms with E-state index < -0.39 is 0 Å². The molecular formula is C22H22N4O2S. The van der Waals surface area contributed by atoms with Crippen molar-refractivity contribution in [1.29, 1.82) is 0 Å². The minimum Gasteiger partial charge on any atom is -0.368 e. The number of piperazine rings is 1. The number of benzene rings is 2. The lowest BCUT2D eigenvalue weighted by Crippen LogP contribution is -2.49. The summed E-state index contributed by atoms with van der Waals surface area (Å²) in [5.74, 6) is -0.126. The number of nitrogens with zero attached hydrogens (tertiary/aromatic N) is 3. The molecule has 1 aliphatic heterocycles. The Labute approximate surface area is 173 Å². The maximum absolute atomic E-state index is 12.6. The van der Waals surface area contributed by atoms with Gasteiger partial charge in [0.2, 0.25) is 5.91 Å². The molecule has 0 spiro atoms. The van der Waals surface area contributed by atoms with Gasteiger partial charge in [0, 0.05) is 42.8 Å². The number of thiazole rings is 1. The van der Waals surface area contributed by atoms with E-state index in [4.69, 9.17) is 0 Å². The topological polar surface area (TPSA) is 65.5 Å². The average Bonchev–Trinajstić information content (AvgIpc) is 3.21. The second-order valence-electron chi connectivity index (χ2n) is 6.84. The molecule has 1 N–H and O–H groups in total. The van der Waals surface area contributed by atoms with Gasteiger partial charge in [0.25, 0.3) is 5.91 Å². The van der Waals surface area contributed by atoms with Gasteiger partial charge in [0.1, 0.15) is 0 Å². The Morgan fingerprint density at radius 2 is 1.59 bits per heavy atom. The third kappa shape index (κ3) is 4.81. The highest BCUT2D eigenvalue weighted by atomic mass is 32.1. The standard InChI is InChI=1S/C22H22N4O2S/c27-20(26-13-11-25(12-14-26)19-9-5-2-6-10-19)15-18-16-29-22(23-18)24-21(28)17-7-3-1-4-8-17/h1-10,16H,11-15H2,(H,23,24,28). The molecule has 1 saturated heterocycles. The summed E-state index contributed by atoms with van der Waals surface area (Å²) in [6.07, 6.45) is 0.253. The number of hydrogen-bond donors (Lipinski definition) is 1. The van der Waals surface area contributed by atoms with Gasteiger partial charge in [-0.25, -0.2) is 4.98 Å². The van der Waals surface area contributed by atoms with Crippen LogP contribution in [0.25, 0.3) is 0 Å². The Kier molecular flexibility index (Phi) is 5.86. The zero-order valence-electron chi connectivity index (χ0n) is 16.0. The zero-order valence-corrected chi connectivity index (χ0v) is 16.8. The number of hydrogen-bond acceptors (Lipinski definition) is 5. The summed E-state index contributed by atoms with van der Waals surface area (Å²) >= 11 is 1.34. The van der Waals surface area contributed by atoms with Crippen LogP contribution in [-0.2, 0) is 11.2 Å². The van der Waals surface area contributed by atoms with E-state index in [0.29, 0.717) is 29.5 Å². The monoisotopic (exact) mass is 406 g/mol. The van der Waals surface area contributed by atoms with Crippen LogP contribution in [0.4, 0.5) is 10.8 Å². The highest BCUT2D eigenvalue weighted by Crippen LogP contribution is 2.19. The minimum absolute atomic E-state index is 0.0731. The number of aromatic nitrogens is 1. The van der Waals surface area contributed by atoms with Crippen LogP contribution in [-0.4, -0.2) is 47.9 Å². The summed E-state index contributed by atoms with van der Waals surface area (Å²) in [7, 11) is 0. The van der Waals surface area contributed by atoms with Crippen molar-refractivity contribution in [2.75, 3.05) is 36.4 Å². The maximum Gasteiger partial charge on any atom is 0.257 e. The SMILES string of the molecule is O=C(Nc1nc(CC(=O)N2CCN(c3ccccc3)CC2)cs1)c1ccccc1. The van der Waals surface area contributed by atoms with Gasteiger partial charge in [0.05, 0.1) is 12.1 Å². The number of carbonyl (C=O) groups is 2. The average molecular weight is 407 g/mol. The largest absolute Gasteiger partial charge is 0.368 e. The first-order valence-corrected chi connectivity index (χ1v) is 10.5. The molecule has 148 valence electrons. The van der Waals surface area contributed by atoms with Crippen molar-refractivity contribution in [3.8, 4) is 0 Å². The Bertz CT molecular complexity index is 967. The fourth-order valence-electron chi connectivity index (χ4n) is 3.32. The van der Waals surface area contributed by atoms with Crippen molar-refractivity contribution < 1.29 is 9.59 Å². The first-order valence-electron chi connectivity index (χ1n) is 9.57. The molecule has 0 radical (unpaired) electrons. The smallest absolute Gasteiger partial charge is 0.257 e. The van der Waals surface area contributed by atoms with Crippen molar-refractivity contribution >= 4 is 34.0 Å². The van der Waals surface area contributed by atoms with Gasteiger partial charge in [-0.15, -0.1) is 11.3 Å². The summed E-state index contributed by atoms with van der Waals surface area (Å²) in [6.45, 7) is 3.06. The number of nitrogens with one attached hydrogen (secondary N) is 1. The van der Waals surface area contributed by atoms with Crippen molar-refractivity contribution in [2.24, 2.45) is 0 Å². The van der Waals surface area contributed by atoms with Gasteiger partial charge in [-0.05, 0) is 24.3 Å². The lowest BCUT2D eigenvalue weighted by molar-refractivity contribution is -0.130. The van der Waals surface area contributed by atoms with Crippen molar-refractivity contribution in [2.45, 2.75) is 6.42 Å². The molecule has 2 amide bonds. The molecule has 0 aliphatic carbocycles. The number of anilines is 2. The lowest BCUT2D eigenvalue weighted by Gasteiger charge is -2.36. The summed E-state index contributed by atoms with van der Waals surface area (Å²) in [4.78, 5) is 33.5. The summed E-state index contributed by atoms with van der Waals surface area (Å²) in [5.41, 5.74) is 2.46. The van der Waals surface area contributed by atoms with E-state index in [1.54, 1.807) is 12.1 Å². The van der Waals surface area contributed by atoms with Crippen molar-refractivity contribution in [1.82, 2.24) is 9.88 Å². The fraction of sp³-hybridized carbons (Fsp3) is 0.227. The number of para-hydroxylation sites is 1. The van der Waals surface area contributed by atoms with Gasteiger partial charge in [0.15, 0.2) is 5.13 Å². The van der Waals surface area contributed by atoms with E-state index in [2.05, 4.69) is 27.3 Å². The first-order chi connectivity index (χ1) is 14.2. The molecule has 4 rings (SSSR count). The second kappa shape index (κ2) is 8.87. The van der Waals surface area contributed by atoms with Crippen LogP contribution in [0.2, 0.25) is 0 Å². The molecule has 29 heavy (non-hydrogen) atoms. The number of carbonyl (C=O) groups excluding carboxylic acids is 2. The van der Waals surface area contributed by atoms with Crippen LogP contribution in [0.5, 0.6) is 0 Å². The van der Waals surface area contributed by atoms with E-state index in [1.165, 1.54) is 17.0 Å². The summed E-state index contributed by atoms with van der Waals surface area (Å²) < 4.78 is 0. The molecule has 2 heterocycles. The number of amides is 2. The lowest BCUT2D eigenvalue weighted by atomic mass is 10.2. The molecular weight excluding hydrogens is 384 g/mol. The molecule has 6 nitrogen and oxygen atoms in total. The third-order valence-corrected chi connectivity index (χ3v) is 5.70. The molecule has 1 aliphatic rings. The molecule has 7 heteroatoms. The Morgan fingerprint density at radius 3 is 2.28 bits per heavy atom. The molecule has 0 bridgehead atoms. The molecule has 0 atom stereocenters. The third-order valence-electron chi connectivity index (χ3n) is 4.89. The zero-order chi connectivity index (χ0) is 20.1. The van der Waals surface area contributed by atoms with Gasteiger partial charge < -0.3 is 9.80 Å². The Hall–Kier alpha value is -3.19. The van der Waals surface area contributed by atoms with Gasteiger partial charge in [-0.1, -0.05) is 36.4 Å². The fourth-order valence-corrected chi connectivity index (χ4v) is 4.03. The van der Waals surface area contributed by atoms with E-state index in [9.17, 15) is 9.59 Å². The van der Waals surface area contributed by atoms with Crippen LogP contribution >= 0.6 is 11.3 Å². The normalized spacial score (nSPS) is 13.9. The maximum atomic E-state index is 12.6. The molecule has 1 aromatic heterocycles.